The molecule has 0 radical (unpaired) electrons. The summed E-state index contributed by atoms with van der Waals surface area (Å²) in [5.74, 6) is -2.75. The lowest BCUT2D eigenvalue weighted by Gasteiger charge is -2.22. The fraction of sp³-hybridized carbons (Fsp3) is 0.310. The van der Waals surface area contributed by atoms with Crippen LogP contribution in [0.5, 0.6) is 0 Å². The summed E-state index contributed by atoms with van der Waals surface area (Å²) in [6, 6.07) is 9.20. The molecular weight excluding hydrogens is 585 g/mol. The molecule has 3 aromatic heterocycles. The first-order valence-corrected chi connectivity index (χ1v) is 13.2. The van der Waals surface area contributed by atoms with E-state index < -0.39 is 23.8 Å². The van der Waals surface area contributed by atoms with Crippen molar-refractivity contribution in [1.29, 1.82) is 0 Å². The summed E-state index contributed by atoms with van der Waals surface area (Å²) in [7, 11) is 0. The molecule has 0 unspecified atom stereocenters. The van der Waals surface area contributed by atoms with Crippen LogP contribution in [-0.4, -0.2) is 75.3 Å². The number of carboxylic acid groups (broad SMARTS) is 1. The Morgan fingerprint density at radius 3 is 2.41 bits per heavy atom. The number of carbonyl (C=O) groups is 4. The number of aromatic amines is 1. The highest BCUT2D eigenvalue weighted by atomic mass is 19.4. The largest absolute Gasteiger partial charge is 0.490 e. The van der Waals surface area contributed by atoms with Gasteiger partial charge in [-0.05, 0) is 57.2 Å². The van der Waals surface area contributed by atoms with Crippen molar-refractivity contribution in [3.63, 3.8) is 0 Å². The maximum Gasteiger partial charge on any atom is 0.490 e. The number of carbonyl (C=O) groups excluding carboxylic acids is 3. The molecule has 12 nitrogen and oxygen atoms in total. The van der Waals surface area contributed by atoms with Crippen molar-refractivity contribution in [2.45, 2.75) is 39.0 Å². The average Bonchev–Trinajstić information content (AvgIpc) is 3.40. The zero-order valence-electron chi connectivity index (χ0n) is 24.1. The van der Waals surface area contributed by atoms with Gasteiger partial charge in [-0.2, -0.15) is 13.2 Å². The van der Waals surface area contributed by atoms with Crippen molar-refractivity contribution >= 4 is 29.7 Å². The van der Waals surface area contributed by atoms with E-state index in [9.17, 15) is 27.6 Å². The SMILES string of the molecule is C=CC(=O)N(CCNC(=O)OC(C)(C)C)c1ccc(-c2cc(-c3cc4c([nH]3)CCNC4=O)ccn2)cn1.O=C(O)C(F)(F)F. The van der Waals surface area contributed by atoms with Crippen molar-refractivity contribution in [2.24, 2.45) is 0 Å². The third-order valence-corrected chi connectivity index (χ3v) is 5.88. The number of nitrogens with zero attached hydrogens (tertiary/aromatic N) is 3. The van der Waals surface area contributed by atoms with Crippen molar-refractivity contribution in [3.05, 3.63) is 66.6 Å². The molecule has 0 bridgehead atoms. The highest BCUT2D eigenvalue weighted by molar-refractivity contribution is 6.00. The Labute approximate surface area is 250 Å². The molecule has 15 heteroatoms. The molecule has 234 valence electrons. The summed E-state index contributed by atoms with van der Waals surface area (Å²) in [5.41, 5.74) is 4.18. The number of anilines is 1. The first-order chi connectivity index (χ1) is 20.6. The van der Waals surface area contributed by atoms with Crippen LogP contribution in [0.1, 0.15) is 36.8 Å². The second-order valence-corrected chi connectivity index (χ2v) is 10.3. The number of H-pyrrole nitrogens is 1. The maximum atomic E-state index is 12.5. The molecule has 4 rings (SSSR count). The molecule has 4 N–H and O–H groups in total. The summed E-state index contributed by atoms with van der Waals surface area (Å²) < 4.78 is 37.0. The number of aromatic nitrogens is 3. The van der Waals surface area contributed by atoms with E-state index in [1.807, 2.05) is 24.3 Å². The summed E-state index contributed by atoms with van der Waals surface area (Å²) in [6.45, 7) is 9.88. The number of halogens is 3. The van der Waals surface area contributed by atoms with Crippen LogP contribution in [-0.2, 0) is 20.7 Å². The van der Waals surface area contributed by atoms with Crippen molar-refractivity contribution in [1.82, 2.24) is 25.6 Å². The van der Waals surface area contributed by atoms with Gasteiger partial charge in [0, 0.05) is 61.0 Å². The smallest absolute Gasteiger partial charge is 0.475 e. The zero-order chi connectivity index (χ0) is 32.7. The molecule has 0 spiro atoms. The van der Waals surface area contributed by atoms with E-state index in [-0.39, 0.29) is 24.9 Å². The van der Waals surface area contributed by atoms with Gasteiger partial charge >= 0.3 is 18.2 Å². The zero-order valence-corrected chi connectivity index (χ0v) is 24.1. The molecule has 4 heterocycles. The van der Waals surface area contributed by atoms with Gasteiger partial charge in [-0.15, -0.1) is 0 Å². The van der Waals surface area contributed by atoms with Crippen LogP contribution in [0.25, 0.3) is 22.5 Å². The van der Waals surface area contributed by atoms with Gasteiger partial charge in [0.1, 0.15) is 11.4 Å². The number of hydrogen-bond acceptors (Lipinski definition) is 7. The minimum atomic E-state index is -5.08. The van der Waals surface area contributed by atoms with E-state index >= 15 is 0 Å². The maximum absolute atomic E-state index is 12.5. The van der Waals surface area contributed by atoms with Crippen molar-refractivity contribution in [2.75, 3.05) is 24.5 Å². The first kappa shape index (κ1) is 33.3. The molecule has 0 saturated heterocycles. The number of fused-ring (bicyclic) bond motifs is 1. The second kappa shape index (κ2) is 13.8. The van der Waals surface area contributed by atoms with Crippen LogP contribution in [0.3, 0.4) is 0 Å². The molecule has 3 aromatic rings. The molecule has 0 aromatic carbocycles. The standard InChI is InChI=1S/C27H30N6O4.C2HF3O2/c1-5-24(34)33(13-12-30-26(36)37-27(2,3)4)23-7-6-18(16-31-23)21-14-17(8-10-28-21)22-15-19-20(32-22)9-11-29-25(19)35;3-2(4,5)1(6)7/h5-8,10,14-16,32H,1,9,11-13H2,2-4H3,(H,29,35)(H,30,36);(H,6,7). The summed E-state index contributed by atoms with van der Waals surface area (Å²) in [5, 5.41) is 12.6. The van der Waals surface area contributed by atoms with Crippen LogP contribution in [0.2, 0.25) is 0 Å². The van der Waals surface area contributed by atoms with Gasteiger partial charge in [-0.1, -0.05) is 6.58 Å². The molecule has 0 saturated carbocycles. The molecule has 0 aliphatic carbocycles. The minimum absolute atomic E-state index is 0.0715. The number of rotatable bonds is 7. The van der Waals surface area contributed by atoms with E-state index in [4.69, 9.17) is 14.6 Å². The fourth-order valence-corrected chi connectivity index (χ4v) is 3.93. The normalized spacial score (nSPS) is 12.5. The van der Waals surface area contributed by atoms with Crippen LogP contribution in [0.15, 0.2) is 55.4 Å². The summed E-state index contributed by atoms with van der Waals surface area (Å²) in [6.07, 6.45) is -0.341. The quantitative estimate of drug-likeness (QED) is 0.288. The van der Waals surface area contributed by atoms with Crippen LogP contribution < -0.4 is 15.5 Å². The Hall–Kier alpha value is -5.21. The van der Waals surface area contributed by atoms with Gasteiger partial charge in [0.05, 0.1) is 11.3 Å². The molecule has 0 atom stereocenters. The molecule has 44 heavy (non-hydrogen) atoms. The number of aliphatic carboxylic acids is 1. The Bertz CT molecular complexity index is 1530. The third-order valence-electron chi connectivity index (χ3n) is 5.88. The monoisotopic (exact) mass is 616 g/mol. The number of hydrogen-bond donors (Lipinski definition) is 4. The Morgan fingerprint density at radius 2 is 1.84 bits per heavy atom. The predicted octanol–water partition coefficient (Wildman–Crippen LogP) is 4.10. The number of alkyl carbamates (subject to hydrolysis) is 1. The van der Waals surface area contributed by atoms with Crippen LogP contribution in [0, 0.1) is 0 Å². The molecule has 0 fully saturated rings. The second-order valence-electron chi connectivity index (χ2n) is 10.3. The predicted molar refractivity (Wildman–Crippen MR) is 154 cm³/mol. The van der Waals surface area contributed by atoms with Gasteiger partial charge in [0.2, 0.25) is 0 Å². The first-order valence-electron chi connectivity index (χ1n) is 13.2. The summed E-state index contributed by atoms with van der Waals surface area (Å²) in [4.78, 5) is 59.1. The number of pyridine rings is 2. The Balaban J connectivity index is 0.000000676. The van der Waals surface area contributed by atoms with Gasteiger partial charge in [0.15, 0.2) is 0 Å². The van der Waals surface area contributed by atoms with Gasteiger partial charge in [-0.25, -0.2) is 14.6 Å². The number of amides is 3. The molecule has 1 aliphatic rings. The average molecular weight is 617 g/mol. The lowest BCUT2D eigenvalue weighted by molar-refractivity contribution is -0.192. The number of alkyl halides is 3. The number of nitrogens with one attached hydrogen (secondary N) is 3. The Kier molecular flexibility index (Phi) is 10.5. The molecule has 3 amide bonds. The van der Waals surface area contributed by atoms with E-state index in [0.717, 1.165) is 28.9 Å². The topological polar surface area (TPSA) is 167 Å². The molecular formula is C29H31F3N6O6. The van der Waals surface area contributed by atoms with E-state index in [1.54, 1.807) is 39.2 Å². The lowest BCUT2D eigenvalue weighted by Crippen LogP contribution is -2.40. The van der Waals surface area contributed by atoms with Gasteiger partial charge in [0.25, 0.3) is 11.8 Å². The summed E-state index contributed by atoms with van der Waals surface area (Å²) >= 11 is 0. The van der Waals surface area contributed by atoms with Crippen LogP contribution >= 0.6 is 0 Å². The lowest BCUT2D eigenvalue weighted by atomic mass is 10.1. The van der Waals surface area contributed by atoms with Crippen LogP contribution in [0.4, 0.5) is 23.8 Å². The number of ether oxygens (including phenoxy) is 1. The van der Waals surface area contributed by atoms with E-state index in [1.165, 1.54) is 11.0 Å². The fourth-order valence-electron chi connectivity index (χ4n) is 3.93. The highest BCUT2D eigenvalue weighted by Gasteiger charge is 2.38. The van der Waals surface area contributed by atoms with Gasteiger partial charge < -0.3 is 25.5 Å². The highest BCUT2D eigenvalue weighted by Crippen LogP contribution is 2.27. The van der Waals surface area contributed by atoms with Crippen molar-refractivity contribution in [3.8, 4) is 22.5 Å². The molecule has 1 aliphatic heterocycles. The third kappa shape index (κ3) is 9.14. The number of carboxylic acids is 1. The Morgan fingerprint density at radius 1 is 1.14 bits per heavy atom. The van der Waals surface area contributed by atoms with Gasteiger partial charge in [-0.3, -0.25) is 19.5 Å². The minimum Gasteiger partial charge on any atom is -0.475 e. The van der Waals surface area contributed by atoms with E-state index in [0.29, 0.717) is 23.6 Å². The van der Waals surface area contributed by atoms with Crippen molar-refractivity contribution < 1.29 is 42.2 Å². The van der Waals surface area contributed by atoms with E-state index in [2.05, 4.69) is 32.2 Å².